The molecule has 0 unspecified atom stereocenters. The lowest BCUT2D eigenvalue weighted by Crippen LogP contribution is -2.02. The van der Waals surface area contributed by atoms with Gasteiger partial charge in [0.2, 0.25) is 0 Å². The summed E-state index contributed by atoms with van der Waals surface area (Å²) in [5.74, 6) is -4.37. The van der Waals surface area contributed by atoms with Crippen molar-refractivity contribution in [3.8, 4) is 11.3 Å². The van der Waals surface area contributed by atoms with Crippen molar-refractivity contribution in [1.82, 2.24) is 4.98 Å². The third-order valence-corrected chi connectivity index (χ3v) is 2.62. The van der Waals surface area contributed by atoms with Crippen molar-refractivity contribution in [3.63, 3.8) is 0 Å². The molecule has 0 spiro atoms. The Bertz CT molecular complexity index is 692. The number of nitrogens with zero attached hydrogens (tertiary/aromatic N) is 2. The molecule has 104 valence electrons. The standard InChI is InChI=1S/C12H8F3N3O2/c1-16-9-5-4-8(18(19)20)12(17-9)6-2-3-7(13)11(15)10(6)14/h2-5H,1H3,(H,16,17). The van der Waals surface area contributed by atoms with Gasteiger partial charge in [-0.2, -0.15) is 0 Å². The van der Waals surface area contributed by atoms with Gasteiger partial charge in [-0.15, -0.1) is 0 Å². The molecule has 0 amide bonds. The number of rotatable bonds is 3. The van der Waals surface area contributed by atoms with Gasteiger partial charge in [0.1, 0.15) is 5.82 Å². The second kappa shape index (κ2) is 5.16. The minimum Gasteiger partial charge on any atom is -0.373 e. The van der Waals surface area contributed by atoms with Crippen molar-refractivity contribution in [2.24, 2.45) is 0 Å². The van der Waals surface area contributed by atoms with E-state index in [9.17, 15) is 23.3 Å². The Morgan fingerprint density at radius 1 is 1.15 bits per heavy atom. The summed E-state index contributed by atoms with van der Waals surface area (Å²) in [6.45, 7) is 0. The molecular formula is C12H8F3N3O2. The van der Waals surface area contributed by atoms with E-state index in [-0.39, 0.29) is 11.5 Å². The fourth-order valence-electron chi connectivity index (χ4n) is 1.65. The minimum atomic E-state index is -1.70. The predicted octanol–water partition coefficient (Wildman–Crippen LogP) is 3.12. The Hall–Kier alpha value is -2.64. The lowest BCUT2D eigenvalue weighted by atomic mass is 10.1. The summed E-state index contributed by atoms with van der Waals surface area (Å²) in [5, 5.41) is 13.5. The number of pyridine rings is 1. The maximum Gasteiger partial charge on any atom is 0.295 e. The van der Waals surface area contributed by atoms with Crippen molar-refractivity contribution in [2.45, 2.75) is 0 Å². The Morgan fingerprint density at radius 3 is 2.45 bits per heavy atom. The molecule has 8 heteroatoms. The van der Waals surface area contributed by atoms with Crippen molar-refractivity contribution in [3.05, 3.63) is 51.8 Å². The predicted molar refractivity (Wildman–Crippen MR) is 65.7 cm³/mol. The molecule has 0 saturated heterocycles. The summed E-state index contributed by atoms with van der Waals surface area (Å²) in [7, 11) is 1.51. The van der Waals surface area contributed by atoms with E-state index in [0.717, 1.165) is 12.1 Å². The van der Waals surface area contributed by atoms with Crippen LogP contribution in [0, 0.1) is 27.6 Å². The molecular weight excluding hydrogens is 275 g/mol. The van der Waals surface area contributed by atoms with Crippen LogP contribution in [-0.2, 0) is 0 Å². The largest absolute Gasteiger partial charge is 0.373 e. The van der Waals surface area contributed by atoms with Gasteiger partial charge in [-0.25, -0.2) is 18.2 Å². The Balaban J connectivity index is 2.73. The number of hydrogen-bond acceptors (Lipinski definition) is 4. The quantitative estimate of drug-likeness (QED) is 0.534. The van der Waals surface area contributed by atoms with Crippen LogP contribution >= 0.6 is 0 Å². The SMILES string of the molecule is CNc1ccc([N+](=O)[O-])c(-c2ccc(F)c(F)c2F)n1. The monoisotopic (exact) mass is 283 g/mol. The highest BCUT2D eigenvalue weighted by Gasteiger charge is 2.23. The lowest BCUT2D eigenvalue weighted by molar-refractivity contribution is -0.384. The van der Waals surface area contributed by atoms with Gasteiger partial charge in [0.15, 0.2) is 23.1 Å². The van der Waals surface area contributed by atoms with E-state index in [2.05, 4.69) is 10.3 Å². The molecule has 0 fully saturated rings. The zero-order valence-corrected chi connectivity index (χ0v) is 10.2. The first-order valence-electron chi connectivity index (χ1n) is 5.42. The summed E-state index contributed by atoms with van der Waals surface area (Å²) in [6.07, 6.45) is 0. The molecule has 20 heavy (non-hydrogen) atoms. The fourth-order valence-corrected chi connectivity index (χ4v) is 1.65. The van der Waals surface area contributed by atoms with E-state index < -0.39 is 33.6 Å². The Morgan fingerprint density at radius 2 is 1.85 bits per heavy atom. The maximum absolute atomic E-state index is 13.7. The van der Waals surface area contributed by atoms with E-state index in [0.29, 0.717) is 6.07 Å². The van der Waals surface area contributed by atoms with Crippen LogP contribution in [0.25, 0.3) is 11.3 Å². The van der Waals surface area contributed by atoms with Gasteiger partial charge in [0, 0.05) is 18.7 Å². The molecule has 0 aliphatic rings. The van der Waals surface area contributed by atoms with Gasteiger partial charge in [-0.05, 0) is 18.2 Å². The molecule has 0 radical (unpaired) electrons. The molecule has 2 rings (SSSR count). The van der Waals surface area contributed by atoms with Crippen molar-refractivity contribution in [2.75, 3.05) is 12.4 Å². The van der Waals surface area contributed by atoms with Crippen LogP contribution in [0.15, 0.2) is 24.3 Å². The van der Waals surface area contributed by atoms with Crippen molar-refractivity contribution in [1.29, 1.82) is 0 Å². The average molecular weight is 283 g/mol. The number of hydrogen-bond donors (Lipinski definition) is 1. The van der Waals surface area contributed by atoms with Crippen LogP contribution in [0.5, 0.6) is 0 Å². The number of anilines is 1. The lowest BCUT2D eigenvalue weighted by Gasteiger charge is -2.07. The average Bonchev–Trinajstić information content (AvgIpc) is 2.44. The third-order valence-electron chi connectivity index (χ3n) is 2.62. The normalized spacial score (nSPS) is 10.4. The highest BCUT2D eigenvalue weighted by molar-refractivity contribution is 5.72. The van der Waals surface area contributed by atoms with Crippen LogP contribution in [0.2, 0.25) is 0 Å². The van der Waals surface area contributed by atoms with E-state index in [4.69, 9.17) is 0 Å². The maximum atomic E-state index is 13.7. The topological polar surface area (TPSA) is 68.1 Å². The van der Waals surface area contributed by atoms with E-state index in [1.807, 2.05) is 0 Å². The first-order valence-corrected chi connectivity index (χ1v) is 5.42. The zero-order valence-electron chi connectivity index (χ0n) is 10.2. The van der Waals surface area contributed by atoms with Gasteiger partial charge >= 0.3 is 0 Å². The Kier molecular flexibility index (Phi) is 3.55. The molecule has 1 heterocycles. The number of halogens is 3. The second-order valence-electron chi connectivity index (χ2n) is 3.79. The van der Waals surface area contributed by atoms with Gasteiger partial charge in [0.05, 0.1) is 4.92 Å². The first kappa shape index (κ1) is 13.8. The summed E-state index contributed by atoms with van der Waals surface area (Å²) in [6, 6.07) is 4.02. The van der Waals surface area contributed by atoms with Crippen molar-refractivity contribution >= 4 is 11.5 Å². The minimum absolute atomic E-state index is 0.231. The second-order valence-corrected chi connectivity index (χ2v) is 3.79. The van der Waals surface area contributed by atoms with E-state index in [1.165, 1.54) is 13.1 Å². The van der Waals surface area contributed by atoms with Gasteiger partial charge < -0.3 is 5.32 Å². The first-order chi connectivity index (χ1) is 9.45. The third kappa shape index (κ3) is 2.27. The van der Waals surface area contributed by atoms with Crippen molar-refractivity contribution < 1.29 is 18.1 Å². The highest BCUT2D eigenvalue weighted by atomic mass is 19.2. The van der Waals surface area contributed by atoms with Gasteiger partial charge in [0.25, 0.3) is 5.69 Å². The zero-order chi connectivity index (χ0) is 14.9. The van der Waals surface area contributed by atoms with Crippen LogP contribution in [0.1, 0.15) is 0 Å². The van der Waals surface area contributed by atoms with Gasteiger partial charge in [-0.3, -0.25) is 10.1 Å². The molecule has 1 aromatic carbocycles. The summed E-state index contributed by atoms with van der Waals surface area (Å²) < 4.78 is 39.9. The van der Waals surface area contributed by atoms with E-state index >= 15 is 0 Å². The molecule has 0 aliphatic heterocycles. The molecule has 2 aromatic rings. The molecule has 0 saturated carbocycles. The molecule has 0 atom stereocenters. The number of nitrogens with one attached hydrogen (secondary N) is 1. The molecule has 5 nitrogen and oxygen atoms in total. The summed E-state index contributed by atoms with van der Waals surface area (Å²) >= 11 is 0. The summed E-state index contributed by atoms with van der Waals surface area (Å²) in [5.41, 5.74) is -1.36. The van der Waals surface area contributed by atoms with Gasteiger partial charge in [-0.1, -0.05) is 0 Å². The molecule has 0 bridgehead atoms. The number of aromatic nitrogens is 1. The number of benzene rings is 1. The van der Waals surface area contributed by atoms with E-state index in [1.54, 1.807) is 0 Å². The molecule has 1 aromatic heterocycles. The highest BCUT2D eigenvalue weighted by Crippen LogP contribution is 2.32. The smallest absolute Gasteiger partial charge is 0.295 e. The fraction of sp³-hybridized carbons (Fsp3) is 0.0833. The Labute approximate surface area is 111 Å². The number of nitro groups is 1. The summed E-state index contributed by atoms with van der Waals surface area (Å²) in [4.78, 5) is 14.0. The van der Waals surface area contributed by atoms with Crippen LogP contribution in [0.4, 0.5) is 24.7 Å². The van der Waals surface area contributed by atoms with Crippen LogP contribution < -0.4 is 5.32 Å². The molecule has 1 N–H and O–H groups in total. The van der Waals surface area contributed by atoms with Crippen LogP contribution in [0.3, 0.4) is 0 Å². The van der Waals surface area contributed by atoms with Crippen LogP contribution in [-0.4, -0.2) is 17.0 Å². The molecule has 0 aliphatic carbocycles.